The number of hydrogen-bond acceptors (Lipinski definition) is 4. The molecule has 1 aliphatic rings. The molecule has 1 fully saturated rings. The Morgan fingerprint density at radius 2 is 2.15 bits per heavy atom. The predicted octanol–water partition coefficient (Wildman–Crippen LogP) is 1.01. The van der Waals surface area contributed by atoms with Crippen LogP contribution in [0, 0.1) is 5.41 Å². The zero-order valence-corrected chi connectivity index (χ0v) is 11.9. The molecule has 0 aliphatic carbocycles. The maximum Gasteiger partial charge on any atom is 0.358 e. The van der Waals surface area contributed by atoms with E-state index in [-0.39, 0.29) is 17.0 Å². The monoisotopic (exact) mass is 280 g/mol. The van der Waals surface area contributed by atoms with Crippen molar-refractivity contribution in [1.29, 1.82) is 0 Å². The third kappa shape index (κ3) is 3.55. The topological polar surface area (TPSA) is 88.3 Å². The highest BCUT2D eigenvalue weighted by molar-refractivity contribution is 5.84. The van der Waals surface area contributed by atoms with Crippen molar-refractivity contribution < 1.29 is 14.7 Å². The lowest BCUT2D eigenvalue weighted by Crippen LogP contribution is -2.33. The van der Waals surface area contributed by atoms with Gasteiger partial charge >= 0.3 is 5.97 Å². The first-order chi connectivity index (χ1) is 9.37. The molecular weight excluding hydrogens is 260 g/mol. The number of amides is 1. The van der Waals surface area contributed by atoms with Crippen LogP contribution in [0.1, 0.15) is 43.6 Å². The van der Waals surface area contributed by atoms with Gasteiger partial charge in [0.1, 0.15) is 0 Å². The van der Waals surface area contributed by atoms with Crippen LogP contribution in [0.25, 0.3) is 0 Å². The minimum absolute atomic E-state index is 0.0756. The fraction of sp³-hybridized carbons (Fsp3) is 0.692. The average molecular weight is 280 g/mol. The predicted molar refractivity (Wildman–Crippen MR) is 71.2 cm³/mol. The van der Waals surface area contributed by atoms with Crippen molar-refractivity contribution in [3.8, 4) is 0 Å². The number of hydrogen-bond donors (Lipinski definition) is 1. The summed E-state index contributed by atoms with van der Waals surface area (Å²) in [5.41, 5.74) is 0.127. The standard InChI is InChI=1S/C13H20N4O3/c1-13(2)4-3-11(18)16(6-5-13)7-8-17-9-10(12(19)20)14-15-17/h9H,3-8H2,1-2H3,(H,19,20). The second-order valence-electron chi connectivity index (χ2n) is 5.97. The third-order valence-electron chi connectivity index (χ3n) is 3.78. The highest BCUT2D eigenvalue weighted by Crippen LogP contribution is 2.30. The van der Waals surface area contributed by atoms with Gasteiger partial charge in [0, 0.05) is 19.5 Å². The number of carboxylic acids is 1. The molecule has 1 aromatic rings. The molecule has 0 aromatic carbocycles. The van der Waals surface area contributed by atoms with Gasteiger partial charge in [-0.05, 0) is 18.3 Å². The summed E-state index contributed by atoms with van der Waals surface area (Å²) >= 11 is 0. The van der Waals surface area contributed by atoms with Crippen molar-refractivity contribution in [2.45, 2.75) is 39.7 Å². The molecule has 0 bridgehead atoms. The molecule has 0 atom stereocenters. The molecule has 7 nitrogen and oxygen atoms in total. The minimum Gasteiger partial charge on any atom is -0.476 e. The summed E-state index contributed by atoms with van der Waals surface area (Å²) in [4.78, 5) is 24.6. The smallest absolute Gasteiger partial charge is 0.358 e. The molecule has 20 heavy (non-hydrogen) atoms. The number of carbonyl (C=O) groups is 2. The van der Waals surface area contributed by atoms with E-state index in [1.54, 1.807) is 0 Å². The number of likely N-dealkylation sites (tertiary alicyclic amines) is 1. The van der Waals surface area contributed by atoms with Gasteiger partial charge in [-0.2, -0.15) is 0 Å². The zero-order chi connectivity index (χ0) is 14.8. The second-order valence-corrected chi connectivity index (χ2v) is 5.97. The van der Waals surface area contributed by atoms with Crippen LogP contribution < -0.4 is 0 Å². The van der Waals surface area contributed by atoms with E-state index in [2.05, 4.69) is 24.2 Å². The highest BCUT2D eigenvalue weighted by Gasteiger charge is 2.27. The van der Waals surface area contributed by atoms with E-state index in [1.165, 1.54) is 10.9 Å². The Morgan fingerprint density at radius 1 is 1.40 bits per heavy atom. The van der Waals surface area contributed by atoms with Crippen molar-refractivity contribution in [2.24, 2.45) is 5.41 Å². The molecule has 1 aliphatic heterocycles. The molecule has 0 radical (unpaired) electrons. The number of aromatic carboxylic acids is 1. The van der Waals surface area contributed by atoms with Crippen LogP contribution in [0.4, 0.5) is 0 Å². The molecule has 0 unspecified atom stereocenters. The van der Waals surface area contributed by atoms with Gasteiger partial charge in [0.15, 0.2) is 5.69 Å². The van der Waals surface area contributed by atoms with Crippen molar-refractivity contribution in [3.63, 3.8) is 0 Å². The summed E-state index contributed by atoms with van der Waals surface area (Å²) in [6, 6.07) is 0. The molecule has 7 heteroatoms. The Bertz CT molecular complexity index is 509. The lowest BCUT2D eigenvalue weighted by atomic mass is 9.85. The number of aromatic nitrogens is 3. The Morgan fingerprint density at radius 3 is 2.80 bits per heavy atom. The van der Waals surface area contributed by atoms with Gasteiger partial charge < -0.3 is 10.0 Å². The maximum atomic E-state index is 12.0. The fourth-order valence-electron chi connectivity index (χ4n) is 2.26. The fourth-order valence-corrected chi connectivity index (χ4v) is 2.26. The zero-order valence-electron chi connectivity index (χ0n) is 11.9. The Hall–Kier alpha value is -1.92. The molecule has 2 heterocycles. The van der Waals surface area contributed by atoms with E-state index in [4.69, 9.17) is 5.11 Å². The molecule has 1 amide bonds. The Balaban J connectivity index is 1.92. The average Bonchev–Trinajstić information content (AvgIpc) is 2.80. The molecule has 110 valence electrons. The Kier molecular flexibility index (Phi) is 4.06. The lowest BCUT2D eigenvalue weighted by molar-refractivity contribution is -0.130. The second kappa shape index (κ2) is 5.60. The van der Waals surface area contributed by atoms with E-state index in [9.17, 15) is 9.59 Å². The molecular formula is C13H20N4O3. The van der Waals surface area contributed by atoms with E-state index in [0.717, 1.165) is 19.4 Å². The van der Waals surface area contributed by atoms with E-state index < -0.39 is 5.97 Å². The van der Waals surface area contributed by atoms with E-state index >= 15 is 0 Å². The normalized spacial score (nSPS) is 18.9. The molecule has 2 rings (SSSR count). The highest BCUT2D eigenvalue weighted by atomic mass is 16.4. The van der Waals surface area contributed by atoms with Gasteiger partial charge in [-0.25, -0.2) is 9.48 Å². The SMILES string of the molecule is CC1(C)CCC(=O)N(CCn2cc(C(=O)O)nn2)CC1. The van der Waals surface area contributed by atoms with Crippen LogP contribution in [-0.4, -0.2) is 50.0 Å². The number of carboxylic acid groups (broad SMARTS) is 1. The van der Waals surface area contributed by atoms with Crippen LogP contribution in [0.15, 0.2) is 6.20 Å². The van der Waals surface area contributed by atoms with Crippen molar-refractivity contribution in [2.75, 3.05) is 13.1 Å². The summed E-state index contributed by atoms with van der Waals surface area (Å²) in [7, 11) is 0. The van der Waals surface area contributed by atoms with Crippen LogP contribution >= 0.6 is 0 Å². The molecule has 0 saturated carbocycles. The first kappa shape index (κ1) is 14.5. The summed E-state index contributed by atoms with van der Waals surface area (Å²) in [6.45, 7) is 6.11. The molecule has 0 spiro atoms. The first-order valence-corrected chi connectivity index (χ1v) is 6.79. The Labute approximate surface area is 117 Å². The number of nitrogens with zero attached hydrogens (tertiary/aromatic N) is 4. The summed E-state index contributed by atoms with van der Waals surface area (Å²) in [5.74, 6) is -0.932. The van der Waals surface area contributed by atoms with Gasteiger partial charge in [0.2, 0.25) is 5.91 Å². The lowest BCUT2D eigenvalue weighted by Gasteiger charge is -2.23. The number of rotatable bonds is 4. The first-order valence-electron chi connectivity index (χ1n) is 6.79. The summed E-state index contributed by atoms with van der Waals surface area (Å²) in [6.07, 6.45) is 3.85. The maximum absolute atomic E-state index is 12.0. The van der Waals surface area contributed by atoms with Gasteiger partial charge in [-0.3, -0.25) is 4.79 Å². The van der Waals surface area contributed by atoms with Crippen LogP contribution in [0.3, 0.4) is 0 Å². The van der Waals surface area contributed by atoms with Gasteiger partial charge in [0.25, 0.3) is 0 Å². The van der Waals surface area contributed by atoms with Gasteiger partial charge in [0.05, 0.1) is 12.7 Å². The van der Waals surface area contributed by atoms with E-state index in [0.29, 0.717) is 19.5 Å². The van der Waals surface area contributed by atoms with Crippen molar-refractivity contribution >= 4 is 11.9 Å². The van der Waals surface area contributed by atoms with Crippen molar-refractivity contribution in [3.05, 3.63) is 11.9 Å². The van der Waals surface area contributed by atoms with Gasteiger partial charge in [-0.1, -0.05) is 19.1 Å². The largest absolute Gasteiger partial charge is 0.476 e. The molecule has 1 N–H and O–H groups in total. The minimum atomic E-state index is -1.09. The quantitative estimate of drug-likeness (QED) is 0.889. The van der Waals surface area contributed by atoms with E-state index in [1.807, 2.05) is 4.90 Å². The van der Waals surface area contributed by atoms with Crippen LogP contribution in [0.2, 0.25) is 0 Å². The van der Waals surface area contributed by atoms with Gasteiger partial charge in [-0.15, -0.1) is 5.10 Å². The summed E-state index contributed by atoms with van der Waals surface area (Å²) in [5, 5.41) is 16.1. The van der Waals surface area contributed by atoms with Crippen LogP contribution in [-0.2, 0) is 11.3 Å². The third-order valence-corrected chi connectivity index (χ3v) is 3.78. The van der Waals surface area contributed by atoms with Crippen LogP contribution in [0.5, 0.6) is 0 Å². The molecule has 1 aromatic heterocycles. The summed E-state index contributed by atoms with van der Waals surface area (Å²) < 4.78 is 1.47. The number of carbonyl (C=O) groups excluding carboxylic acids is 1. The van der Waals surface area contributed by atoms with Crippen molar-refractivity contribution in [1.82, 2.24) is 19.9 Å². The molecule has 1 saturated heterocycles.